The van der Waals surface area contributed by atoms with Gasteiger partial charge in [0.1, 0.15) is 0 Å². The van der Waals surface area contributed by atoms with Crippen LogP contribution in [0, 0.1) is 0 Å². The molecule has 100 valence electrons. The van der Waals surface area contributed by atoms with E-state index in [0.29, 0.717) is 5.69 Å². The fraction of sp³-hybridized carbons (Fsp3) is 0.143. The predicted octanol–water partition coefficient (Wildman–Crippen LogP) is 3.17. The normalized spacial score (nSPS) is 13.9. The predicted molar refractivity (Wildman–Crippen MR) is 75.6 cm³/mol. The average molecular weight is 277 g/mol. The Labute approximate surface area is 112 Å². The topological polar surface area (TPSA) is 72.5 Å². The summed E-state index contributed by atoms with van der Waals surface area (Å²) in [6.45, 7) is 0.0981. The maximum absolute atomic E-state index is 11.9. The maximum Gasteiger partial charge on any atom is 0.332 e. The van der Waals surface area contributed by atoms with Gasteiger partial charge >= 0.3 is 7.60 Å². The van der Waals surface area contributed by atoms with Gasteiger partial charge in [0.15, 0.2) is 0 Å². The second-order valence-corrected chi connectivity index (χ2v) is 6.15. The van der Waals surface area contributed by atoms with Crippen molar-refractivity contribution in [1.29, 1.82) is 0 Å². The molecule has 4 nitrogen and oxygen atoms in total. The Morgan fingerprint density at radius 1 is 1.00 bits per heavy atom. The summed E-state index contributed by atoms with van der Waals surface area (Å²) in [5, 5.41) is 0. The van der Waals surface area contributed by atoms with Crippen molar-refractivity contribution in [1.82, 2.24) is 0 Å². The van der Waals surface area contributed by atoms with Crippen LogP contribution in [0.5, 0.6) is 0 Å². The minimum absolute atomic E-state index is 0.0167. The lowest BCUT2D eigenvalue weighted by Crippen LogP contribution is -1.95. The lowest BCUT2D eigenvalue weighted by molar-refractivity contribution is 0.249. The van der Waals surface area contributed by atoms with E-state index >= 15 is 0 Å². The summed E-state index contributed by atoms with van der Waals surface area (Å²) >= 11 is 0. The van der Waals surface area contributed by atoms with Gasteiger partial charge in [0.05, 0.1) is 12.8 Å². The zero-order valence-corrected chi connectivity index (χ0v) is 11.3. The molecule has 0 spiro atoms. The van der Waals surface area contributed by atoms with Crippen LogP contribution >= 0.6 is 7.60 Å². The Morgan fingerprint density at radius 3 is 2.26 bits per heavy atom. The maximum atomic E-state index is 11.9. The molecule has 2 aromatic rings. The van der Waals surface area contributed by atoms with E-state index in [1.165, 1.54) is 0 Å². The lowest BCUT2D eigenvalue weighted by atomic mass is 10.2. The number of nitrogen functional groups attached to an aromatic ring is 1. The van der Waals surface area contributed by atoms with Gasteiger partial charge in [-0.15, -0.1) is 0 Å². The summed E-state index contributed by atoms with van der Waals surface area (Å²) in [7, 11) is -3.62. The number of hydrogen-bond acceptors (Lipinski definition) is 3. The molecular weight excluding hydrogens is 261 g/mol. The fourth-order valence-electron chi connectivity index (χ4n) is 1.65. The van der Waals surface area contributed by atoms with Crippen LogP contribution in [-0.4, -0.2) is 4.89 Å². The van der Waals surface area contributed by atoms with E-state index in [9.17, 15) is 9.46 Å². The van der Waals surface area contributed by atoms with Gasteiger partial charge in [-0.1, -0.05) is 42.5 Å². The van der Waals surface area contributed by atoms with Crippen molar-refractivity contribution in [2.75, 3.05) is 5.73 Å². The third kappa shape index (κ3) is 4.52. The quantitative estimate of drug-likeness (QED) is 0.650. The molecule has 0 heterocycles. The molecule has 0 fully saturated rings. The minimum atomic E-state index is -3.62. The molecular formula is C14H16NO3P. The lowest BCUT2D eigenvalue weighted by Gasteiger charge is -2.12. The molecule has 0 aromatic heterocycles. The van der Waals surface area contributed by atoms with Crippen molar-refractivity contribution in [3.05, 3.63) is 65.7 Å². The molecule has 1 unspecified atom stereocenters. The number of benzene rings is 2. The zero-order chi connectivity index (χ0) is 13.7. The van der Waals surface area contributed by atoms with Crippen molar-refractivity contribution in [3.8, 4) is 0 Å². The molecule has 19 heavy (non-hydrogen) atoms. The van der Waals surface area contributed by atoms with E-state index in [1.54, 1.807) is 36.4 Å². The first-order valence-corrected chi connectivity index (χ1v) is 7.66. The summed E-state index contributed by atoms with van der Waals surface area (Å²) in [5.41, 5.74) is 7.82. The Hall–Kier alpha value is -1.61. The van der Waals surface area contributed by atoms with Crippen LogP contribution in [0.15, 0.2) is 54.6 Å². The largest absolute Gasteiger partial charge is 0.399 e. The number of hydrogen-bond donors (Lipinski definition) is 2. The molecule has 2 aromatic carbocycles. The first-order chi connectivity index (χ1) is 9.05. The molecule has 0 aliphatic carbocycles. The molecule has 0 aliphatic rings. The smallest absolute Gasteiger partial charge is 0.332 e. The third-order valence-corrected chi connectivity index (χ3v) is 3.94. The first kappa shape index (κ1) is 13.8. The summed E-state index contributed by atoms with van der Waals surface area (Å²) in [5.74, 6) is 0. The van der Waals surface area contributed by atoms with E-state index in [2.05, 4.69) is 0 Å². The van der Waals surface area contributed by atoms with Crippen molar-refractivity contribution in [2.45, 2.75) is 12.8 Å². The Bertz CT molecular complexity index is 569. The third-order valence-electron chi connectivity index (χ3n) is 2.64. The van der Waals surface area contributed by atoms with E-state index in [4.69, 9.17) is 10.3 Å². The van der Waals surface area contributed by atoms with Crippen LogP contribution in [0.1, 0.15) is 11.1 Å². The van der Waals surface area contributed by atoms with Crippen LogP contribution < -0.4 is 5.73 Å². The molecule has 1 atom stereocenters. The van der Waals surface area contributed by atoms with Gasteiger partial charge in [0.25, 0.3) is 0 Å². The number of rotatable bonds is 5. The molecule has 5 heteroatoms. The molecule has 0 aliphatic heterocycles. The Kier molecular flexibility index (Phi) is 4.38. The average Bonchev–Trinajstić information content (AvgIpc) is 2.39. The highest BCUT2D eigenvalue weighted by molar-refractivity contribution is 7.51. The van der Waals surface area contributed by atoms with Gasteiger partial charge in [-0.25, -0.2) is 0 Å². The van der Waals surface area contributed by atoms with Crippen LogP contribution in [0.4, 0.5) is 5.69 Å². The van der Waals surface area contributed by atoms with E-state index in [1.807, 2.05) is 18.2 Å². The fourth-order valence-corrected chi connectivity index (χ4v) is 2.76. The highest BCUT2D eigenvalue weighted by Crippen LogP contribution is 2.46. The van der Waals surface area contributed by atoms with E-state index in [0.717, 1.165) is 11.1 Å². The Balaban J connectivity index is 1.94. The first-order valence-electron chi connectivity index (χ1n) is 5.90. The van der Waals surface area contributed by atoms with Crippen LogP contribution in [-0.2, 0) is 21.9 Å². The van der Waals surface area contributed by atoms with Crippen molar-refractivity contribution >= 4 is 13.3 Å². The van der Waals surface area contributed by atoms with Crippen molar-refractivity contribution < 1.29 is 14.0 Å². The molecule has 0 bridgehead atoms. The monoisotopic (exact) mass is 277 g/mol. The summed E-state index contributed by atoms with van der Waals surface area (Å²) in [4.78, 5) is 9.79. The SMILES string of the molecule is Nc1ccc(COP(=O)(O)Cc2ccccc2)cc1. The second kappa shape index (κ2) is 6.02. The van der Waals surface area contributed by atoms with Gasteiger partial charge in [0, 0.05) is 5.69 Å². The second-order valence-electron chi connectivity index (χ2n) is 4.30. The van der Waals surface area contributed by atoms with Gasteiger partial charge < -0.3 is 15.2 Å². The number of anilines is 1. The van der Waals surface area contributed by atoms with Crippen LogP contribution in [0.2, 0.25) is 0 Å². The summed E-state index contributed by atoms with van der Waals surface area (Å²) < 4.78 is 17.1. The van der Waals surface area contributed by atoms with Crippen LogP contribution in [0.3, 0.4) is 0 Å². The van der Waals surface area contributed by atoms with E-state index < -0.39 is 7.60 Å². The molecule has 0 radical (unpaired) electrons. The van der Waals surface area contributed by atoms with Gasteiger partial charge in [-0.2, -0.15) is 0 Å². The zero-order valence-electron chi connectivity index (χ0n) is 10.4. The molecule has 0 saturated carbocycles. The summed E-state index contributed by atoms with van der Waals surface area (Å²) in [6, 6.07) is 16.1. The molecule has 0 amide bonds. The standard InChI is InChI=1S/C14H16NO3P/c15-14-8-6-12(7-9-14)10-18-19(16,17)11-13-4-2-1-3-5-13/h1-9H,10-11,15H2,(H,16,17). The molecule has 3 N–H and O–H groups in total. The Morgan fingerprint density at radius 2 is 1.63 bits per heavy atom. The summed E-state index contributed by atoms with van der Waals surface area (Å²) in [6.07, 6.45) is 0.0167. The number of nitrogens with two attached hydrogens (primary N) is 1. The van der Waals surface area contributed by atoms with Gasteiger partial charge in [-0.05, 0) is 23.3 Å². The van der Waals surface area contributed by atoms with E-state index in [-0.39, 0.29) is 12.8 Å². The van der Waals surface area contributed by atoms with Crippen molar-refractivity contribution in [3.63, 3.8) is 0 Å². The molecule has 2 rings (SSSR count). The molecule has 0 saturated heterocycles. The van der Waals surface area contributed by atoms with Crippen LogP contribution in [0.25, 0.3) is 0 Å². The van der Waals surface area contributed by atoms with Crippen molar-refractivity contribution in [2.24, 2.45) is 0 Å². The highest BCUT2D eigenvalue weighted by Gasteiger charge is 2.19. The van der Waals surface area contributed by atoms with Gasteiger partial charge in [-0.3, -0.25) is 4.57 Å². The van der Waals surface area contributed by atoms with Gasteiger partial charge in [0.2, 0.25) is 0 Å². The highest BCUT2D eigenvalue weighted by atomic mass is 31.2. The minimum Gasteiger partial charge on any atom is -0.399 e.